The number of rotatable bonds is 3. The molecule has 0 saturated carbocycles. The van der Waals surface area contributed by atoms with Crippen molar-refractivity contribution in [1.29, 1.82) is 0 Å². The Labute approximate surface area is 103 Å². The van der Waals surface area contributed by atoms with Gasteiger partial charge in [0.15, 0.2) is 0 Å². The lowest BCUT2D eigenvalue weighted by molar-refractivity contribution is -0.129. The Morgan fingerprint density at radius 3 is 2.88 bits per heavy atom. The Balaban J connectivity index is 1.96. The van der Waals surface area contributed by atoms with Crippen LogP contribution in [0.15, 0.2) is 24.3 Å². The molecule has 0 aromatic heterocycles. The van der Waals surface area contributed by atoms with E-state index in [4.69, 9.17) is 5.73 Å². The molecule has 17 heavy (non-hydrogen) atoms. The molecule has 0 aliphatic carbocycles. The van der Waals surface area contributed by atoms with E-state index in [9.17, 15) is 4.79 Å². The summed E-state index contributed by atoms with van der Waals surface area (Å²) >= 11 is 0. The third-order valence-corrected chi connectivity index (χ3v) is 3.57. The van der Waals surface area contributed by atoms with Gasteiger partial charge < -0.3 is 10.6 Å². The number of nitrogens with two attached hydrogens (primary N) is 1. The second-order valence-electron chi connectivity index (χ2n) is 4.83. The van der Waals surface area contributed by atoms with Crippen molar-refractivity contribution in [3.63, 3.8) is 0 Å². The molecule has 1 aromatic rings. The highest BCUT2D eigenvalue weighted by Gasteiger charge is 2.25. The van der Waals surface area contributed by atoms with E-state index in [2.05, 4.69) is 13.0 Å². The monoisotopic (exact) mass is 232 g/mol. The van der Waals surface area contributed by atoms with Crippen LogP contribution in [-0.4, -0.2) is 30.4 Å². The van der Waals surface area contributed by atoms with Crippen molar-refractivity contribution in [3.8, 4) is 0 Å². The number of hydrogen-bond acceptors (Lipinski definition) is 2. The average Bonchev–Trinajstić information content (AvgIpc) is 2.81. The van der Waals surface area contributed by atoms with Gasteiger partial charge in [-0.3, -0.25) is 4.79 Å². The molecule has 1 heterocycles. The summed E-state index contributed by atoms with van der Waals surface area (Å²) in [6, 6.07) is 8.07. The maximum Gasteiger partial charge on any atom is 0.227 e. The van der Waals surface area contributed by atoms with Crippen LogP contribution in [0.25, 0.3) is 0 Å². The van der Waals surface area contributed by atoms with Crippen molar-refractivity contribution >= 4 is 5.91 Å². The minimum absolute atomic E-state index is 0.232. The summed E-state index contributed by atoms with van der Waals surface area (Å²) in [4.78, 5) is 14.1. The minimum Gasteiger partial charge on any atom is -0.342 e. The quantitative estimate of drug-likeness (QED) is 0.855. The molecule has 2 rings (SSSR count). The van der Waals surface area contributed by atoms with E-state index >= 15 is 0 Å². The predicted molar refractivity (Wildman–Crippen MR) is 68.6 cm³/mol. The van der Waals surface area contributed by atoms with Crippen LogP contribution in [0.4, 0.5) is 0 Å². The molecule has 0 radical (unpaired) electrons. The molecule has 1 saturated heterocycles. The van der Waals surface area contributed by atoms with Crippen LogP contribution in [0.3, 0.4) is 0 Å². The highest BCUT2D eigenvalue weighted by molar-refractivity contribution is 5.79. The van der Waals surface area contributed by atoms with Crippen LogP contribution in [0.2, 0.25) is 0 Å². The van der Waals surface area contributed by atoms with Crippen molar-refractivity contribution < 1.29 is 4.79 Å². The summed E-state index contributed by atoms with van der Waals surface area (Å²) < 4.78 is 0. The normalized spacial score (nSPS) is 19.6. The SMILES string of the molecule is Cc1ccccc1CC(=O)N1CCC(CN)C1. The molecular formula is C14H20N2O. The van der Waals surface area contributed by atoms with E-state index in [-0.39, 0.29) is 5.91 Å². The number of likely N-dealkylation sites (tertiary alicyclic amines) is 1. The van der Waals surface area contributed by atoms with Crippen LogP contribution in [-0.2, 0) is 11.2 Å². The lowest BCUT2D eigenvalue weighted by Gasteiger charge is -2.17. The smallest absolute Gasteiger partial charge is 0.227 e. The summed E-state index contributed by atoms with van der Waals surface area (Å²) in [5, 5.41) is 0. The fourth-order valence-electron chi connectivity index (χ4n) is 2.33. The van der Waals surface area contributed by atoms with Crippen LogP contribution in [0, 0.1) is 12.8 Å². The second kappa shape index (κ2) is 5.32. The number of hydrogen-bond donors (Lipinski definition) is 1. The molecule has 1 amide bonds. The summed E-state index contributed by atoms with van der Waals surface area (Å²) in [6.45, 7) is 4.44. The maximum atomic E-state index is 12.1. The first-order valence-corrected chi connectivity index (χ1v) is 6.23. The summed E-state index contributed by atoms with van der Waals surface area (Å²) in [7, 11) is 0. The molecule has 1 aliphatic rings. The minimum atomic E-state index is 0.232. The number of aryl methyl sites for hydroxylation is 1. The summed E-state index contributed by atoms with van der Waals surface area (Å²) in [5.74, 6) is 0.728. The number of amides is 1. The third kappa shape index (κ3) is 2.86. The van der Waals surface area contributed by atoms with Gasteiger partial charge in [-0.05, 0) is 36.9 Å². The molecule has 3 nitrogen and oxygen atoms in total. The molecule has 1 aromatic carbocycles. The Morgan fingerprint density at radius 1 is 1.47 bits per heavy atom. The lowest BCUT2D eigenvalue weighted by Crippen LogP contribution is -2.31. The summed E-state index contributed by atoms with van der Waals surface area (Å²) in [6.07, 6.45) is 1.57. The van der Waals surface area contributed by atoms with Crippen molar-refractivity contribution in [3.05, 3.63) is 35.4 Å². The zero-order valence-corrected chi connectivity index (χ0v) is 10.4. The van der Waals surface area contributed by atoms with Crippen LogP contribution in [0.5, 0.6) is 0 Å². The molecule has 0 bridgehead atoms. The number of carbonyl (C=O) groups is 1. The van der Waals surface area contributed by atoms with Crippen LogP contribution in [0.1, 0.15) is 17.5 Å². The van der Waals surface area contributed by atoms with E-state index in [1.165, 1.54) is 5.56 Å². The van der Waals surface area contributed by atoms with Gasteiger partial charge in [0.25, 0.3) is 0 Å². The molecule has 3 heteroatoms. The van der Waals surface area contributed by atoms with Gasteiger partial charge in [-0.1, -0.05) is 24.3 Å². The van der Waals surface area contributed by atoms with Crippen molar-refractivity contribution in [2.24, 2.45) is 11.7 Å². The molecule has 1 unspecified atom stereocenters. The highest BCUT2D eigenvalue weighted by atomic mass is 16.2. The van der Waals surface area contributed by atoms with Gasteiger partial charge in [-0.25, -0.2) is 0 Å². The predicted octanol–water partition coefficient (Wildman–Crippen LogP) is 1.34. The Morgan fingerprint density at radius 2 is 2.24 bits per heavy atom. The number of nitrogens with zero attached hydrogens (tertiary/aromatic N) is 1. The molecule has 0 spiro atoms. The molecule has 92 valence electrons. The standard InChI is InChI=1S/C14H20N2O/c1-11-4-2-3-5-13(11)8-14(17)16-7-6-12(9-15)10-16/h2-5,12H,6-10,15H2,1H3. The van der Waals surface area contributed by atoms with Gasteiger partial charge in [0.05, 0.1) is 6.42 Å². The molecular weight excluding hydrogens is 212 g/mol. The molecule has 1 aliphatic heterocycles. The largest absolute Gasteiger partial charge is 0.342 e. The number of benzene rings is 1. The van der Waals surface area contributed by atoms with E-state index in [0.717, 1.165) is 25.1 Å². The van der Waals surface area contributed by atoms with Crippen LogP contribution < -0.4 is 5.73 Å². The summed E-state index contributed by atoms with van der Waals surface area (Å²) in [5.41, 5.74) is 7.96. The topological polar surface area (TPSA) is 46.3 Å². The van der Waals surface area contributed by atoms with Crippen molar-refractivity contribution in [1.82, 2.24) is 4.90 Å². The van der Waals surface area contributed by atoms with E-state index in [0.29, 0.717) is 18.9 Å². The molecule has 1 atom stereocenters. The highest BCUT2D eigenvalue weighted by Crippen LogP contribution is 2.17. The first-order valence-electron chi connectivity index (χ1n) is 6.23. The maximum absolute atomic E-state index is 12.1. The third-order valence-electron chi connectivity index (χ3n) is 3.57. The van der Waals surface area contributed by atoms with E-state index in [1.807, 2.05) is 23.1 Å². The first-order chi connectivity index (χ1) is 8.20. The van der Waals surface area contributed by atoms with Gasteiger partial charge in [0.2, 0.25) is 5.91 Å². The Kier molecular flexibility index (Phi) is 3.79. The van der Waals surface area contributed by atoms with Gasteiger partial charge in [0.1, 0.15) is 0 Å². The first kappa shape index (κ1) is 12.1. The zero-order chi connectivity index (χ0) is 12.3. The van der Waals surface area contributed by atoms with Crippen LogP contribution >= 0.6 is 0 Å². The molecule has 1 fully saturated rings. The second-order valence-corrected chi connectivity index (χ2v) is 4.83. The van der Waals surface area contributed by atoms with Crippen molar-refractivity contribution in [2.75, 3.05) is 19.6 Å². The number of carbonyl (C=O) groups excluding carboxylic acids is 1. The van der Waals surface area contributed by atoms with E-state index < -0.39 is 0 Å². The lowest BCUT2D eigenvalue weighted by atomic mass is 10.1. The Hall–Kier alpha value is -1.35. The fourth-order valence-corrected chi connectivity index (χ4v) is 2.33. The van der Waals surface area contributed by atoms with Gasteiger partial charge in [-0.2, -0.15) is 0 Å². The Bertz CT molecular complexity index is 403. The average molecular weight is 232 g/mol. The fraction of sp³-hybridized carbons (Fsp3) is 0.500. The van der Waals surface area contributed by atoms with Gasteiger partial charge in [0, 0.05) is 13.1 Å². The van der Waals surface area contributed by atoms with Crippen molar-refractivity contribution in [2.45, 2.75) is 19.8 Å². The zero-order valence-electron chi connectivity index (χ0n) is 10.4. The molecule has 2 N–H and O–H groups in total. The van der Waals surface area contributed by atoms with E-state index in [1.54, 1.807) is 0 Å². The van der Waals surface area contributed by atoms with Gasteiger partial charge in [-0.15, -0.1) is 0 Å². The van der Waals surface area contributed by atoms with Gasteiger partial charge >= 0.3 is 0 Å².